The van der Waals surface area contributed by atoms with Crippen molar-refractivity contribution in [1.29, 1.82) is 0 Å². The van der Waals surface area contributed by atoms with E-state index in [1.165, 1.54) is 94.8 Å². The third-order valence-electron chi connectivity index (χ3n) is 18.5. The number of fused-ring (bicyclic) bond motifs is 6. The summed E-state index contributed by atoms with van der Waals surface area (Å²) in [4.78, 5) is 0. The maximum Gasteiger partial charge on any atom is 0.112 e. The van der Waals surface area contributed by atoms with Gasteiger partial charge in [0.15, 0.2) is 0 Å². The molecule has 0 amide bonds. The molecule has 0 radical (unpaired) electrons. The average Bonchev–Trinajstić information content (AvgIpc) is 1.92. The highest BCUT2D eigenvalue weighted by Crippen LogP contribution is 2.51. The van der Waals surface area contributed by atoms with Crippen molar-refractivity contribution in [3.63, 3.8) is 0 Å². The van der Waals surface area contributed by atoms with E-state index in [9.17, 15) is 0 Å². The summed E-state index contributed by atoms with van der Waals surface area (Å²) in [6.45, 7) is 9.53. The molecule has 0 spiro atoms. The zero-order valence-electron chi connectivity index (χ0n) is 47.5. The predicted molar refractivity (Wildman–Crippen MR) is 351 cm³/mol. The van der Waals surface area contributed by atoms with Gasteiger partial charge in [-0.1, -0.05) is 295 Å². The maximum absolute atomic E-state index is 5.17. The molecule has 84 heavy (non-hydrogen) atoms. The van der Waals surface area contributed by atoms with Crippen molar-refractivity contribution < 1.29 is 0 Å². The number of para-hydroxylation sites is 1. The Morgan fingerprint density at radius 3 is 1.37 bits per heavy atom. The van der Waals surface area contributed by atoms with Gasteiger partial charge in [-0.15, -0.1) is 0 Å². The van der Waals surface area contributed by atoms with Crippen LogP contribution in [0.4, 0.5) is 0 Å². The molecule has 15 rings (SSSR count). The number of aromatic nitrogens is 3. The van der Waals surface area contributed by atoms with E-state index >= 15 is 0 Å². The van der Waals surface area contributed by atoms with Crippen molar-refractivity contribution in [2.24, 2.45) is 0 Å². The summed E-state index contributed by atoms with van der Waals surface area (Å²) in [5.74, 6) is -0.120. The van der Waals surface area contributed by atoms with Crippen LogP contribution in [0, 0.1) is 0 Å². The molecule has 12 aromatic carbocycles. The van der Waals surface area contributed by atoms with Gasteiger partial charge in [-0.3, -0.25) is 0 Å². The van der Waals surface area contributed by atoms with Gasteiger partial charge >= 0.3 is 0 Å². The molecule has 1 unspecified atom stereocenters. The molecule has 0 saturated heterocycles. The molecule has 0 N–H and O–H groups in total. The lowest BCUT2D eigenvalue weighted by Gasteiger charge is -2.44. The lowest BCUT2D eigenvalue weighted by molar-refractivity contribution is 0.520. The normalized spacial score (nSPS) is 13.9. The van der Waals surface area contributed by atoms with E-state index in [2.05, 4.69) is 323 Å². The highest BCUT2D eigenvalue weighted by Gasteiger charge is 2.42. The molecule has 0 bridgehead atoms. The van der Waals surface area contributed by atoms with Crippen molar-refractivity contribution in [3.05, 3.63) is 352 Å². The first kappa shape index (κ1) is 51.2. The maximum atomic E-state index is 5.17. The molecule has 2 aromatic heterocycles. The van der Waals surface area contributed by atoms with Crippen molar-refractivity contribution in [3.8, 4) is 39.1 Å². The zero-order valence-corrected chi connectivity index (χ0v) is 48.4. The molecule has 0 saturated carbocycles. The monoisotopic (exact) mass is 1100 g/mol. The number of benzene rings is 12. The van der Waals surface area contributed by atoms with Gasteiger partial charge < -0.3 is 4.57 Å². The van der Waals surface area contributed by atoms with Gasteiger partial charge in [0.25, 0.3) is 0 Å². The third kappa shape index (κ3) is 8.22. The van der Waals surface area contributed by atoms with Crippen molar-refractivity contribution in [2.75, 3.05) is 0 Å². The smallest absolute Gasteiger partial charge is 0.112 e. The van der Waals surface area contributed by atoms with Crippen molar-refractivity contribution in [1.82, 2.24) is 13.3 Å². The second-order valence-corrected chi connectivity index (χ2v) is 24.3. The Balaban J connectivity index is 0.826. The standard InChI is InChI=1S/C80H61N3S/c1-78(2)69-30-18-19-31-70(69)79(3,4)72-52-64(46-50-71(72)78)83-73-32-20-17-29-66(73)67-47-43-59(51-74(67)83)65-48-49-68(77-76(65)81-84-82-77)75(57-37-33-54(34-38-57)53-21-9-5-10-22-53)58-39-35-55(36-40-58)56-41-44-63(45-42-56)80(60-23-11-6-12-24-60,61-25-13-7-14-26-61)62-27-15-8-16-28-62/h5-52,75H,1-4H3. The highest BCUT2D eigenvalue weighted by molar-refractivity contribution is 7.00. The number of hydrogen-bond acceptors (Lipinski definition) is 3. The summed E-state index contributed by atoms with van der Waals surface area (Å²) in [7, 11) is 0. The lowest BCUT2D eigenvalue weighted by Crippen LogP contribution is -2.36. The van der Waals surface area contributed by atoms with Crippen molar-refractivity contribution in [2.45, 2.75) is 49.9 Å². The van der Waals surface area contributed by atoms with Gasteiger partial charge in [0.2, 0.25) is 0 Å². The Hall–Kier alpha value is -9.74. The minimum Gasteiger partial charge on any atom is -0.309 e. The topological polar surface area (TPSA) is 30.7 Å². The first-order valence-corrected chi connectivity index (χ1v) is 30.0. The van der Waals surface area contributed by atoms with E-state index in [0.29, 0.717) is 0 Å². The summed E-state index contributed by atoms with van der Waals surface area (Å²) in [6, 6.07) is 108. The summed E-state index contributed by atoms with van der Waals surface area (Å²) in [5, 5.41) is 2.46. The fourth-order valence-electron chi connectivity index (χ4n) is 14.3. The van der Waals surface area contributed by atoms with E-state index in [0.717, 1.165) is 50.1 Å². The van der Waals surface area contributed by atoms with Crippen LogP contribution in [-0.2, 0) is 16.2 Å². The van der Waals surface area contributed by atoms with Crippen LogP contribution in [0.15, 0.2) is 291 Å². The summed E-state index contributed by atoms with van der Waals surface area (Å²) < 4.78 is 12.8. The number of hydrogen-bond donors (Lipinski definition) is 0. The molecule has 1 aliphatic carbocycles. The van der Waals surface area contributed by atoms with E-state index in [1.807, 2.05) is 0 Å². The van der Waals surface area contributed by atoms with E-state index < -0.39 is 5.41 Å². The molecule has 0 fully saturated rings. The number of nitrogens with zero attached hydrogens (tertiary/aromatic N) is 3. The van der Waals surface area contributed by atoms with Gasteiger partial charge in [0.05, 0.1) is 28.2 Å². The largest absolute Gasteiger partial charge is 0.309 e. The molecule has 4 heteroatoms. The Kier molecular flexibility index (Phi) is 12.4. The van der Waals surface area contributed by atoms with Crippen LogP contribution in [0.25, 0.3) is 71.9 Å². The summed E-state index contributed by atoms with van der Waals surface area (Å²) >= 11 is 1.29. The molecule has 1 atom stereocenters. The van der Waals surface area contributed by atoms with Crippen LogP contribution < -0.4 is 0 Å². The van der Waals surface area contributed by atoms with Gasteiger partial charge in [-0.25, -0.2) is 0 Å². The molecule has 14 aromatic rings. The minimum atomic E-state index is -0.514. The SMILES string of the molecule is CC1(C)c2ccccc2C(C)(C)c2cc(-n3c4ccccc4c4ccc(-c5ccc(C(c6ccc(-c7ccccc7)cc6)c6ccc(-c7ccc(C(c8ccccc8)(c8ccccc8)c8ccccc8)cc7)cc6)c6nsnc56)cc43)ccc21. The van der Waals surface area contributed by atoms with Crippen molar-refractivity contribution >= 4 is 44.6 Å². The zero-order chi connectivity index (χ0) is 56.6. The van der Waals surface area contributed by atoms with Crippen LogP contribution in [0.3, 0.4) is 0 Å². The fourth-order valence-corrected chi connectivity index (χ4v) is 14.8. The summed E-state index contributed by atoms with van der Waals surface area (Å²) in [6.07, 6.45) is 0. The minimum absolute atomic E-state index is 0.120. The lowest BCUT2D eigenvalue weighted by atomic mass is 9.60. The molecule has 2 heterocycles. The molecule has 0 aliphatic heterocycles. The first-order valence-electron chi connectivity index (χ1n) is 29.2. The number of rotatable bonds is 11. The van der Waals surface area contributed by atoms with E-state index in [-0.39, 0.29) is 16.7 Å². The van der Waals surface area contributed by atoms with Gasteiger partial charge in [0, 0.05) is 38.8 Å². The predicted octanol–water partition coefficient (Wildman–Crippen LogP) is 20.3. The Morgan fingerprint density at radius 1 is 0.345 bits per heavy atom. The Labute approximate surface area is 496 Å². The quantitative estimate of drug-likeness (QED) is 0.121. The van der Waals surface area contributed by atoms with E-state index in [1.54, 1.807) is 0 Å². The van der Waals surface area contributed by atoms with Crippen LogP contribution in [-0.4, -0.2) is 13.3 Å². The molecular weight excluding hydrogens is 1030 g/mol. The molecule has 3 nitrogen and oxygen atoms in total. The fraction of sp³-hybridized carbons (Fsp3) is 0.100. The van der Waals surface area contributed by atoms with Gasteiger partial charge in [-0.2, -0.15) is 8.75 Å². The molecular formula is C80H61N3S. The second kappa shape index (κ2) is 20.3. The summed E-state index contributed by atoms with van der Waals surface area (Å²) in [5.41, 5.74) is 25.4. The Morgan fingerprint density at radius 2 is 0.786 bits per heavy atom. The highest BCUT2D eigenvalue weighted by atomic mass is 32.1. The van der Waals surface area contributed by atoms with Gasteiger partial charge in [0.1, 0.15) is 11.0 Å². The third-order valence-corrected chi connectivity index (χ3v) is 19.0. The molecule has 402 valence electrons. The second-order valence-electron chi connectivity index (χ2n) is 23.7. The Bertz CT molecular complexity index is 4630. The van der Waals surface area contributed by atoms with Gasteiger partial charge in [-0.05, 0) is 113 Å². The van der Waals surface area contributed by atoms with Crippen LogP contribution in [0.2, 0.25) is 0 Å². The first-order chi connectivity index (χ1) is 41.2. The van der Waals surface area contributed by atoms with Crippen LogP contribution in [0.1, 0.15) is 94.8 Å². The van der Waals surface area contributed by atoms with Crippen LogP contribution >= 0.6 is 11.7 Å². The van der Waals surface area contributed by atoms with Crippen LogP contribution in [0.5, 0.6) is 0 Å². The average molecular weight is 1100 g/mol. The van der Waals surface area contributed by atoms with E-state index in [4.69, 9.17) is 8.75 Å². The molecule has 1 aliphatic rings.